The summed E-state index contributed by atoms with van der Waals surface area (Å²) in [6, 6.07) is 7.07. The highest BCUT2D eigenvalue weighted by molar-refractivity contribution is 6.02. The van der Waals surface area contributed by atoms with Crippen molar-refractivity contribution in [1.82, 2.24) is 4.98 Å². The smallest absolute Gasteiger partial charge is 0.274 e. The highest BCUT2D eigenvalue weighted by Crippen LogP contribution is 2.22. The lowest BCUT2D eigenvalue weighted by Gasteiger charge is -2.13. The van der Waals surface area contributed by atoms with E-state index in [1.165, 1.54) is 18.9 Å². The Balaban J connectivity index is 1.63. The van der Waals surface area contributed by atoms with E-state index < -0.39 is 17.5 Å². The lowest BCUT2D eigenvalue weighted by atomic mass is 10.2. The Morgan fingerprint density at radius 3 is 2.43 bits per heavy atom. The maximum Gasteiger partial charge on any atom is 0.274 e. The zero-order chi connectivity index (χ0) is 16.2. The van der Waals surface area contributed by atoms with Crippen LogP contribution in [0.25, 0.3) is 0 Å². The molecule has 0 bridgehead atoms. The number of rotatable bonds is 4. The van der Waals surface area contributed by atoms with Crippen LogP contribution in [0.1, 0.15) is 36.2 Å². The number of carbonyl (C=O) groups is 1. The van der Waals surface area contributed by atoms with E-state index in [-0.39, 0.29) is 11.4 Å². The second kappa shape index (κ2) is 6.73. The average Bonchev–Trinajstić information content (AvgIpc) is 3.04. The molecular formula is C17H17F2N3O. The molecule has 6 heteroatoms. The van der Waals surface area contributed by atoms with E-state index in [9.17, 15) is 13.6 Å². The number of carbonyl (C=O) groups excluding carboxylic acids is 1. The average molecular weight is 317 g/mol. The first-order valence-corrected chi connectivity index (χ1v) is 7.61. The first-order chi connectivity index (χ1) is 11.1. The molecule has 1 fully saturated rings. The molecule has 0 spiro atoms. The molecule has 23 heavy (non-hydrogen) atoms. The van der Waals surface area contributed by atoms with E-state index in [0.717, 1.165) is 30.7 Å². The van der Waals surface area contributed by atoms with Gasteiger partial charge >= 0.3 is 0 Å². The topological polar surface area (TPSA) is 54.0 Å². The van der Waals surface area contributed by atoms with Crippen LogP contribution in [-0.2, 0) is 0 Å². The molecule has 0 atom stereocenters. The number of amides is 1. The third kappa shape index (κ3) is 3.83. The van der Waals surface area contributed by atoms with Crippen LogP contribution in [0.5, 0.6) is 0 Å². The van der Waals surface area contributed by atoms with Crippen molar-refractivity contribution in [3.8, 4) is 0 Å². The van der Waals surface area contributed by atoms with Crippen molar-refractivity contribution in [2.24, 2.45) is 0 Å². The zero-order valence-electron chi connectivity index (χ0n) is 12.5. The normalized spacial score (nSPS) is 14.7. The Hall–Kier alpha value is -2.50. The van der Waals surface area contributed by atoms with Gasteiger partial charge in [0.1, 0.15) is 5.69 Å². The monoisotopic (exact) mass is 317 g/mol. The Labute approximate surface area is 132 Å². The molecule has 2 aromatic rings. The third-order valence-corrected chi connectivity index (χ3v) is 3.90. The second-order valence-corrected chi connectivity index (χ2v) is 5.64. The van der Waals surface area contributed by atoms with Crippen molar-refractivity contribution in [3.05, 3.63) is 53.9 Å². The molecular weight excluding hydrogens is 300 g/mol. The predicted molar refractivity (Wildman–Crippen MR) is 84.4 cm³/mol. The molecule has 3 rings (SSSR count). The van der Waals surface area contributed by atoms with Crippen molar-refractivity contribution in [1.29, 1.82) is 0 Å². The Morgan fingerprint density at radius 2 is 1.78 bits per heavy atom. The molecule has 1 aliphatic rings. The van der Waals surface area contributed by atoms with Gasteiger partial charge in [-0.2, -0.15) is 0 Å². The van der Waals surface area contributed by atoms with E-state index in [2.05, 4.69) is 15.6 Å². The number of benzene rings is 1. The van der Waals surface area contributed by atoms with Crippen molar-refractivity contribution >= 4 is 17.3 Å². The van der Waals surface area contributed by atoms with Crippen molar-refractivity contribution < 1.29 is 13.6 Å². The van der Waals surface area contributed by atoms with Gasteiger partial charge in [0.15, 0.2) is 11.6 Å². The van der Waals surface area contributed by atoms with Crippen molar-refractivity contribution in [2.75, 3.05) is 10.6 Å². The van der Waals surface area contributed by atoms with Gasteiger partial charge in [0.25, 0.3) is 5.91 Å². The quantitative estimate of drug-likeness (QED) is 0.897. The van der Waals surface area contributed by atoms with Crippen LogP contribution in [0.15, 0.2) is 36.5 Å². The van der Waals surface area contributed by atoms with E-state index in [1.54, 1.807) is 18.3 Å². The lowest BCUT2D eigenvalue weighted by Crippen LogP contribution is -2.16. The molecule has 4 nitrogen and oxygen atoms in total. The summed E-state index contributed by atoms with van der Waals surface area (Å²) in [5, 5.41) is 5.88. The molecule has 1 amide bonds. The minimum absolute atomic E-state index is 0.184. The van der Waals surface area contributed by atoms with E-state index in [1.807, 2.05) is 0 Å². The number of halogens is 2. The number of anilines is 2. The summed E-state index contributed by atoms with van der Waals surface area (Å²) in [5.41, 5.74) is 1.27. The Kier molecular flexibility index (Phi) is 4.50. The molecule has 0 saturated heterocycles. The summed E-state index contributed by atoms with van der Waals surface area (Å²) in [7, 11) is 0. The summed E-state index contributed by atoms with van der Waals surface area (Å²) in [5.74, 6) is -2.43. The maximum absolute atomic E-state index is 13.1. The fourth-order valence-electron chi connectivity index (χ4n) is 2.69. The third-order valence-electron chi connectivity index (χ3n) is 3.90. The summed E-state index contributed by atoms with van der Waals surface area (Å²) in [6.45, 7) is 0. The zero-order valence-corrected chi connectivity index (χ0v) is 12.5. The highest BCUT2D eigenvalue weighted by atomic mass is 19.2. The number of aromatic nitrogens is 1. The van der Waals surface area contributed by atoms with Gasteiger partial charge in [-0.25, -0.2) is 13.8 Å². The lowest BCUT2D eigenvalue weighted by molar-refractivity contribution is 0.102. The first kappa shape index (κ1) is 15.4. The molecule has 1 saturated carbocycles. The van der Waals surface area contributed by atoms with Crippen molar-refractivity contribution in [2.45, 2.75) is 31.7 Å². The van der Waals surface area contributed by atoms with Gasteiger partial charge in [-0.05, 0) is 37.1 Å². The second-order valence-electron chi connectivity index (χ2n) is 5.64. The van der Waals surface area contributed by atoms with Crippen LogP contribution in [0.4, 0.5) is 20.2 Å². The van der Waals surface area contributed by atoms with Gasteiger partial charge in [0.05, 0.1) is 11.9 Å². The molecule has 2 N–H and O–H groups in total. The largest absolute Gasteiger partial charge is 0.381 e. The Morgan fingerprint density at radius 1 is 1.04 bits per heavy atom. The number of nitrogens with zero attached hydrogens (tertiary/aromatic N) is 1. The first-order valence-electron chi connectivity index (χ1n) is 7.61. The number of pyridine rings is 1. The SMILES string of the molecule is O=C(Nc1ccc(F)c(F)c1)c1ccc(NC2CCCC2)cn1. The van der Waals surface area contributed by atoms with Gasteiger partial charge in [-0.15, -0.1) is 0 Å². The molecule has 120 valence electrons. The molecule has 0 aliphatic heterocycles. The minimum atomic E-state index is -1.01. The molecule has 1 aliphatic carbocycles. The van der Waals surface area contributed by atoms with Gasteiger partial charge in [0.2, 0.25) is 0 Å². The van der Waals surface area contributed by atoms with Gasteiger partial charge in [-0.3, -0.25) is 4.79 Å². The van der Waals surface area contributed by atoms with Crippen LogP contribution < -0.4 is 10.6 Å². The van der Waals surface area contributed by atoms with Crippen LogP contribution in [0.2, 0.25) is 0 Å². The number of hydrogen-bond acceptors (Lipinski definition) is 3. The fourth-order valence-corrected chi connectivity index (χ4v) is 2.69. The molecule has 1 heterocycles. The van der Waals surface area contributed by atoms with Gasteiger partial charge in [-0.1, -0.05) is 12.8 Å². The standard InChI is InChI=1S/C17H17F2N3O/c18-14-7-5-12(9-15(14)19)22-17(23)16-8-6-13(10-20-16)21-11-3-1-2-4-11/h5-11,21H,1-4H2,(H,22,23). The van der Waals surface area contributed by atoms with Crippen molar-refractivity contribution in [3.63, 3.8) is 0 Å². The van der Waals surface area contributed by atoms with Crippen LogP contribution in [0, 0.1) is 11.6 Å². The molecule has 0 radical (unpaired) electrons. The number of hydrogen-bond donors (Lipinski definition) is 2. The molecule has 1 aromatic carbocycles. The molecule has 1 aromatic heterocycles. The molecule has 0 unspecified atom stereocenters. The summed E-state index contributed by atoms with van der Waals surface area (Å²) >= 11 is 0. The van der Waals surface area contributed by atoms with E-state index in [4.69, 9.17) is 0 Å². The predicted octanol–water partition coefficient (Wildman–Crippen LogP) is 3.97. The fraction of sp³-hybridized carbons (Fsp3) is 0.294. The summed E-state index contributed by atoms with van der Waals surface area (Å²) in [4.78, 5) is 16.2. The summed E-state index contributed by atoms with van der Waals surface area (Å²) in [6.07, 6.45) is 6.38. The van der Waals surface area contributed by atoms with E-state index >= 15 is 0 Å². The maximum atomic E-state index is 13.1. The van der Waals surface area contributed by atoms with Crippen LogP contribution in [-0.4, -0.2) is 16.9 Å². The Bertz CT molecular complexity index is 697. The summed E-state index contributed by atoms with van der Waals surface area (Å²) < 4.78 is 26.0. The van der Waals surface area contributed by atoms with Crippen LogP contribution >= 0.6 is 0 Å². The van der Waals surface area contributed by atoms with Crippen LogP contribution in [0.3, 0.4) is 0 Å². The van der Waals surface area contributed by atoms with Gasteiger partial charge < -0.3 is 10.6 Å². The van der Waals surface area contributed by atoms with Gasteiger partial charge in [0, 0.05) is 17.8 Å². The highest BCUT2D eigenvalue weighted by Gasteiger charge is 2.15. The number of nitrogens with one attached hydrogen (secondary N) is 2. The van der Waals surface area contributed by atoms with E-state index in [0.29, 0.717) is 6.04 Å². The minimum Gasteiger partial charge on any atom is -0.381 e.